The zero-order valence-corrected chi connectivity index (χ0v) is 12.8. The molecule has 0 saturated heterocycles. The van der Waals surface area contributed by atoms with E-state index in [4.69, 9.17) is 4.74 Å². The van der Waals surface area contributed by atoms with E-state index in [2.05, 4.69) is 51.2 Å². The van der Waals surface area contributed by atoms with Crippen molar-refractivity contribution in [2.24, 2.45) is 5.41 Å². The zero-order chi connectivity index (χ0) is 14.0. The van der Waals surface area contributed by atoms with Gasteiger partial charge in [-0.15, -0.1) is 0 Å². The minimum atomic E-state index is 0.232. The van der Waals surface area contributed by atoms with E-state index >= 15 is 0 Å². The van der Waals surface area contributed by atoms with Crippen LogP contribution >= 0.6 is 0 Å². The predicted octanol–water partition coefficient (Wildman–Crippen LogP) is 3.47. The van der Waals surface area contributed by atoms with Crippen LogP contribution in [0.25, 0.3) is 0 Å². The Hall–Kier alpha value is -1.03. The number of hydrogen-bond acceptors (Lipinski definition) is 3. The SMILES string of the molecule is CCOC1CC(Nc2cnn(C(C)C)c2)C1(C)CC. The number of nitrogens with zero attached hydrogens (tertiary/aromatic N) is 2. The van der Waals surface area contributed by atoms with Gasteiger partial charge in [-0.1, -0.05) is 13.8 Å². The fourth-order valence-electron chi connectivity index (χ4n) is 2.87. The Morgan fingerprint density at radius 2 is 2.26 bits per heavy atom. The van der Waals surface area contributed by atoms with Crippen molar-refractivity contribution in [2.45, 2.75) is 65.6 Å². The summed E-state index contributed by atoms with van der Waals surface area (Å²) < 4.78 is 7.83. The second kappa shape index (κ2) is 5.53. The number of hydrogen-bond donors (Lipinski definition) is 1. The largest absolute Gasteiger partial charge is 0.379 e. The van der Waals surface area contributed by atoms with Crippen LogP contribution in [0.2, 0.25) is 0 Å². The van der Waals surface area contributed by atoms with Crippen molar-refractivity contribution in [2.75, 3.05) is 11.9 Å². The van der Waals surface area contributed by atoms with Gasteiger partial charge < -0.3 is 10.1 Å². The third-order valence-electron chi connectivity index (χ3n) is 4.58. The van der Waals surface area contributed by atoms with Crippen molar-refractivity contribution in [3.8, 4) is 0 Å². The topological polar surface area (TPSA) is 39.1 Å². The van der Waals surface area contributed by atoms with Crippen LogP contribution < -0.4 is 5.32 Å². The van der Waals surface area contributed by atoms with E-state index < -0.39 is 0 Å². The van der Waals surface area contributed by atoms with Gasteiger partial charge in [-0.2, -0.15) is 5.10 Å². The molecule has 0 aliphatic heterocycles. The molecule has 1 aliphatic rings. The minimum absolute atomic E-state index is 0.232. The van der Waals surface area contributed by atoms with Crippen molar-refractivity contribution in [1.29, 1.82) is 0 Å². The van der Waals surface area contributed by atoms with Crippen LogP contribution in [0, 0.1) is 5.41 Å². The second-order valence-corrected chi connectivity index (χ2v) is 6.04. The highest BCUT2D eigenvalue weighted by atomic mass is 16.5. The molecule has 0 aromatic carbocycles. The van der Waals surface area contributed by atoms with Gasteiger partial charge >= 0.3 is 0 Å². The molecule has 0 spiro atoms. The third-order valence-corrected chi connectivity index (χ3v) is 4.58. The van der Waals surface area contributed by atoms with Crippen LogP contribution in [0.4, 0.5) is 5.69 Å². The minimum Gasteiger partial charge on any atom is -0.379 e. The zero-order valence-electron chi connectivity index (χ0n) is 12.8. The number of ether oxygens (including phenoxy) is 1. The van der Waals surface area contributed by atoms with Crippen LogP contribution in [0.1, 0.15) is 53.5 Å². The van der Waals surface area contributed by atoms with E-state index in [9.17, 15) is 0 Å². The Bertz CT molecular complexity index is 415. The average Bonchev–Trinajstić information content (AvgIpc) is 2.85. The molecule has 4 nitrogen and oxygen atoms in total. The fraction of sp³-hybridized carbons (Fsp3) is 0.800. The van der Waals surface area contributed by atoms with Gasteiger partial charge in [0.25, 0.3) is 0 Å². The molecule has 0 amide bonds. The lowest BCUT2D eigenvalue weighted by Crippen LogP contribution is -2.59. The van der Waals surface area contributed by atoms with E-state index in [0.29, 0.717) is 18.2 Å². The molecule has 108 valence electrons. The van der Waals surface area contributed by atoms with Crippen molar-refractivity contribution >= 4 is 5.69 Å². The maximum Gasteiger partial charge on any atom is 0.0728 e. The molecule has 1 fully saturated rings. The predicted molar refractivity (Wildman–Crippen MR) is 78.5 cm³/mol. The summed E-state index contributed by atoms with van der Waals surface area (Å²) in [5, 5.41) is 8.00. The quantitative estimate of drug-likeness (QED) is 0.856. The highest BCUT2D eigenvalue weighted by molar-refractivity contribution is 5.41. The first kappa shape index (κ1) is 14.4. The average molecular weight is 265 g/mol. The lowest BCUT2D eigenvalue weighted by molar-refractivity contribution is -0.109. The molecule has 1 N–H and O–H groups in total. The Morgan fingerprint density at radius 3 is 2.79 bits per heavy atom. The molecule has 0 bridgehead atoms. The van der Waals surface area contributed by atoms with Gasteiger partial charge in [-0.25, -0.2) is 0 Å². The standard InChI is InChI=1S/C15H27N3O/c1-6-15(5)13(8-14(15)19-7-2)17-12-9-16-18(10-12)11(3)4/h9-11,13-14,17H,6-8H2,1-5H3. The lowest BCUT2D eigenvalue weighted by Gasteiger charge is -2.53. The molecule has 1 aromatic heterocycles. The summed E-state index contributed by atoms with van der Waals surface area (Å²) in [7, 11) is 0. The molecule has 2 rings (SSSR count). The Morgan fingerprint density at radius 1 is 1.53 bits per heavy atom. The monoisotopic (exact) mass is 265 g/mol. The van der Waals surface area contributed by atoms with Crippen LogP contribution in [0.5, 0.6) is 0 Å². The highest BCUT2D eigenvalue weighted by Gasteiger charge is 2.51. The summed E-state index contributed by atoms with van der Waals surface area (Å²) in [5.74, 6) is 0. The van der Waals surface area contributed by atoms with Crippen molar-refractivity contribution < 1.29 is 4.74 Å². The van der Waals surface area contributed by atoms with E-state index in [1.807, 2.05) is 10.9 Å². The molecular weight excluding hydrogens is 238 g/mol. The summed E-state index contributed by atoms with van der Waals surface area (Å²) in [6.45, 7) is 11.7. The Balaban J connectivity index is 1.99. The van der Waals surface area contributed by atoms with Gasteiger partial charge in [0.2, 0.25) is 0 Å². The van der Waals surface area contributed by atoms with E-state index in [1.54, 1.807) is 0 Å². The molecule has 1 aliphatic carbocycles. The maximum atomic E-state index is 5.83. The smallest absolute Gasteiger partial charge is 0.0728 e. The van der Waals surface area contributed by atoms with Crippen LogP contribution in [-0.4, -0.2) is 28.5 Å². The molecular formula is C15H27N3O. The van der Waals surface area contributed by atoms with Gasteiger partial charge in [-0.05, 0) is 33.6 Å². The molecule has 19 heavy (non-hydrogen) atoms. The molecule has 0 radical (unpaired) electrons. The van der Waals surface area contributed by atoms with Crippen LogP contribution in [0.15, 0.2) is 12.4 Å². The molecule has 1 saturated carbocycles. The molecule has 3 unspecified atom stereocenters. The summed E-state index contributed by atoms with van der Waals surface area (Å²) in [6.07, 6.45) is 6.62. The normalized spacial score (nSPS) is 30.4. The Kier molecular flexibility index (Phi) is 4.19. The molecule has 1 aromatic rings. The van der Waals surface area contributed by atoms with Crippen molar-refractivity contribution in [3.63, 3.8) is 0 Å². The third kappa shape index (κ3) is 2.64. The second-order valence-electron chi connectivity index (χ2n) is 6.04. The Labute approximate surface area is 116 Å². The number of nitrogens with one attached hydrogen (secondary N) is 1. The van der Waals surface area contributed by atoms with E-state index in [0.717, 1.165) is 25.1 Å². The lowest BCUT2D eigenvalue weighted by atomic mass is 9.61. The summed E-state index contributed by atoms with van der Waals surface area (Å²) in [6, 6.07) is 0.893. The van der Waals surface area contributed by atoms with Crippen molar-refractivity contribution in [1.82, 2.24) is 9.78 Å². The summed E-state index contributed by atoms with van der Waals surface area (Å²) in [5.41, 5.74) is 1.35. The number of rotatable bonds is 6. The van der Waals surface area contributed by atoms with Gasteiger partial charge in [0.1, 0.15) is 0 Å². The first-order chi connectivity index (χ1) is 9.01. The van der Waals surface area contributed by atoms with Gasteiger partial charge in [0.05, 0.1) is 18.0 Å². The maximum absolute atomic E-state index is 5.83. The first-order valence-electron chi connectivity index (χ1n) is 7.43. The molecule has 4 heteroatoms. The molecule has 1 heterocycles. The highest BCUT2D eigenvalue weighted by Crippen LogP contribution is 2.47. The van der Waals surface area contributed by atoms with E-state index in [-0.39, 0.29) is 5.41 Å². The van der Waals surface area contributed by atoms with Crippen LogP contribution in [-0.2, 0) is 4.74 Å². The number of aromatic nitrogens is 2. The van der Waals surface area contributed by atoms with E-state index in [1.165, 1.54) is 0 Å². The van der Waals surface area contributed by atoms with Crippen molar-refractivity contribution in [3.05, 3.63) is 12.4 Å². The first-order valence-corrected chi connectivity index (χ1v) is 7.43. The number of anilines is 1. The summed E-state index contributed by atoms with van der Waals surface area (Å²) >= 11 is 0. The van der Waals surface area contributed by atoms with Gasteiger partial charge in [-0.3, -0.25) is 4.68 Å². The fourth-order valence-corrected chi connectivity index (χ4v) is 2.87. The van der Waals surface area contributed by atoms with Gasteiger partial charge in [0.15, 0.2) is 0 Å². The summed E-state index contributed by atoms with van der Waals surface area (Å²) in [4.78, 5) is 0. The molecule has 3 atom stereocenters. The van der Waals surface area contributed by atoms with Gasteiger partial charge in [0, 0.05) is 30.3 Å². The van der Waals surface area contributed by atoms with Crippen LogP contribution in [0.3, 0.4) is 0 Å².